The number of carbonyl (C=O) groups excluding carboxylic acids is 1. The number of carbonyl (C=O) groups is 1. The third-order valence-corrected chi connectivity index (χ3v) is 7.77. The Bertz CT molecular complexity index is 1560. The molecule has 0 heterocycles. The monoisotopic (exact) mass is 558 g/mol. The third-order valence-electron chi connectivity index (χ3n) is 5.75. The smallest absolute Gasteiger partial charge is 0.321 e. The van der Waals surface area contributed by atoms with Crippen LogP contribution in [0, 0.1) is 6.92 Å². The number of aryl methyl sites for hydroxylation is 1. The van der Waals surface area contributed by atoms with Crippen molar-refractivity contribution in [3.05, 3.63) is 124 Å². The molecule has 0 aliphatic carbocycles. The fourth-order valence-electron chi connectivity index (χ4n) is 3.80. The molecule has 0 atom stereocenters. The number of anilines is 2. The summed E-state index contributed by atoms with van der Waals surface area (Å²) in [4.78, 5) is 13.3. The van der Waals surface area contributed by atoms with Crippen LogP contribution in [0.25, 0.3) is 0 Å². The van der Waals surface area contributed by atoms with E-state index in [0.29, 0.717) is 10.6 Å². The summed E-state index contributed by atoms with van der Waals surface area (Å²) in [6, 6.07) is 23.2. The fourth-order valence-corrected chi connectivity index (χ4v) is 5.40. The van der Waals surface area contributed by atoms with E-state index in [9.17, 15) is 26.4 Å². The molecule has 0 unspecified atom stereocenters. The topological polar surface area (TPSA) is 66.5 Å². The molecular formula is C28H22ClF3N2O3S. The number of hydrogen-bond acceptors (Lipinski definition) is 3. The van der Waals surface area contributed by atoms with Gasteiger partial charge in [0.2, 0.25) is 0 Å². The first kappa shape index (κ1) is 27.2. The number of amides is 1. The van der Waals surface area contributed by atoms with Gasteiger partial charge in [-0.25, -0.2) is 8.42 Å². The van der Waals surface area contributed by atoms with E-state index in [4.69, 9.17) is 11.6 Å². The number of para-hydroxylation sites is 2. The lowest BCUT2D eigenvalue weighted by atomic mass is 10.1. The van der Waals surface area contributed by atoms with Gasteiger partial charge in [-0.15, -0.1) is 0 Å². The molecule has 4 rings (SSSR count). The predicted octanol–water partition coefficient (Wildman–Crippen LogP) is 7.32. The van der Waals surface area contributed by atoms with E-state index in [2.05, 4.69) is 5.32 Å². The van der Waals surface area contributed by atoms with Crippen LogP contribution in [-0.2, 0) is 22.7 Å². The van der Waals surface area contributed by atoms with Gasteiger partial charge in [0, 0.05) is 5.02 Å². The summed E-state index contributed by atoms with van der Waals surface area (Å²) in [6.07, 6.45) is -4.70. The van der Waals surface area contributed by atoms with Crippen LogP contribution in [0.1, 0.15) is 27.0 Å². The van der Waals surface area contributed by atoms with Crippen LogP contribution >= 0.6 is 11.6 Å². The third kappa shape index (κ3) is 6.00. The van der Waals surface area contributed by atoms with Crippen molar-refractivity contribution in [3.8, 4) is 0 Å². The number of nitrogens with one attached hydrogen (secondary N) is 1. The first-order chi connectivity index (χ1) is 18.0. The summed E-state index contributed by atoms with van der Waals surface area (Å²) in [5.74, 6) is -0.891. The van der Waals surface area contributed by atoms with E-state index in [1.807, 2.05) is 6.92 Å². The van der Waals surface area contributed by atoms with Gasteiger partial charge in [0.25, 0.3) is 15.9 Å². The lowest BCUT2D eigenvalue weighted by Gasteiger charge is -2.27. The average Bonchev–Trinajstić information content (AvgIpc) is 2.88. The van der Waals surface area contributed by atoms with Gasteiger partial charge in [0.15, 0.2) is 0 Å². The van der Waals surface area contributed by atoms with Gasteiger partial charge in [-0.05, 0) is 61.0 Å². The van der Waals surface area contributed by atoms with Crippen LogP contribution in [0.4, 0.5) is 24.5 Å². The normalized spacial score (nSPS) is 11.7. The molecule has 5 nitrogen and oxygen atoms in total. The molecule has 0 fully saturated rings. The number of sulfonamides is 1. The van der Waals surface area contributed by atoms with Crippen molar-refractivity contribution in [2.24, 2.45) is 0 Å². The molecule has 1 amide bonds. The van der Waals surface area contributed by atoms with E-state index in [-0.39, 0.29) is 22.7 Å². The molecule has 38 heavy (non-hydrogen) atoms. The highest BCUT2D eigenvalue weighted by molar-refractivity contribution is 7.92. The molecule has 0 spiro atoms. The fraction of sp³-hybridized carbons (Fsp3) is 0.107. The quantitative estimate of drug-likeness (QED) is 0.258. The molecule has 0 bridgehead atoms. The van der Waals surface area contributed by atoms with Gasteiger partial charge in [0.05, 0.1) is 33.9 Å². The van der Waals surface area contributed by atoms with Crippen molar-refractivity contribution < 1.29 is 26.4 Å². The van der Waals surface area contributed by atoms with Gasteiger partial charge < -0.3 is 5.32 Å². The summed E-state index contributed by atoms with van der Waals surface area (Å²) in [6.45, 7) is 1.66. The number of hydrogen-bond donors (Lipinski definition) is 1. The van der Waals surface area contributed by atoms with E-state index in [0.717, 1.165) is 22.0 Å². The molecule has 0 aromatic heterocycles. The Kier molecular flexibility index (Phi) is 7.80. The molecule has 0 aliphatic heterocycles. The minimum atomic E-state index is -4.70. The summed E-state index contributed by atoms with van der Waals surface area (Å²) in [5, 5.41) is 2.76. The standard InChI is InChI=1S/C28H22ClF3N2O3S/c1-19-10-16-22(17-11-19)38(36,37)34(18-20-12-14-21(29)15-13-20)26-9-5-2-6-23(26)27(35)33-25-8-4-3-7-24(25)28(30,31)32/h2-17H,18H2,1H3,(H,33,35). The van der Waals surface area contributed by atoms with E-state index in [1.165, 1.54) is 42.5 Å². The van der Waals surface area contributed by atoms with Crippen molar-refractivity contribution in [3.63, 3.8) is 0 Å². The van der Waals surface area contributed by atoms with Crippen LogP contribution in [0.3, 0.4) is 0 Å². The molecule has 1 N–H and O–H groups in total. The number of benzene rings is 4. The minimum Gasteiger partial charge on any atom is -0.321 e. The second-order valence-electron chi connectivity index (χ2n) is 8.47. The zero-order valence-electron chi connectivity index (χ0n) is 20.0. The van der Waals surface area contributed by atoms with Crippen LogP contribution in [-0.4, -0.2) is 14.3 Å². The van der Waals surface area contributed by atoms with Gasteiger partial charge >= 0.3 is 6.18 Å². The van der Waals surface area contributed by atoms with Crippen molar-refractivity contribution in [1.82, 2.24) is 0 Å². The van der Waals surface area contributed by atoms with Crippen LogP contribution in [0.5, 0.6) is 0 Å². The number of alkyl halides is 3. The lowest BCUT2D eigenvalue weighted by Crippen LogP contribution is -2.32. The van der Waals surface area contributed by atoms with Gasteiger partial charge in [-0.1, -0.05) is 65.7 Å². The lowest BCUT2D eigenvalue weighted by molar-refractivity contribution is -0.136. The highest BCUT2D eigenvalue weighted by Gasteiger charge is 2.34. The summed E-state index contributed by atoms with van der Waals surface area (Å²) < 4.78 is 69.3. The van der Waals surface area contributed by atoms with Gasteiger partial charge in [-0.3, -0.25) is 9.10 Å². The Balaban J connectivity index is 1.80. The second-order valence-corrected chi connectivity index (χ2v) is 10.8. The predicted molar refractivity (Wildman–Crippen MR) is 142 cm³/mol. The van der Waals surface area contributed by atoms with Crippen molar-refractivity contribution in [1.29, 1.82) is 0 Å². The molecule has 10 heteroatoms. The zero-order valence-corrected chi connectivity index (χ0v) is 21.6. The first-order valence-corrected chi connectivity index (χ1v) is 13.2. The SMILES string of the molecule is Cc1ccc(S(=O)(=O)N(Cc2ccc(Cl)cc2)c2ccccc2C(=O)Nc2ccccc2C(F)(F)F)cc1. The van der Waals surface area contributed by atoms with E-state index in [1.54, 1.807) is 42.5 Å². The van der Waals surface area contributed by atoms with Gasteiger partial charge in [0.1, 0.15) is 0 Å². The summed E-state index contributed by atoms with van der Waals surface area (Å²) in [7, 11) is -4.20. The zero-order chi connectivity index (χ0) is 27.5. The largest absolute Gasteiger partial charge is 0.418 e. The first-order valence-electron chi connectivity index (χ1n) is 11.4. The molecule has 0 aliphatic rings. The van der Waals surface area contributed by atoms with Crippen LogP contribution in [0.2, 0.25) is 5.02 Å². The molecule has 0 radical (unpaired) electrons. The Morgan fingerprint density at radius 2 is 1.47 bits per heavy atom. The maximum Gasteiger partial charge on any atom is 0.418 e. The Morgan fingerprint density at radius 1 is 0.868 bits per heavy atom. The highest BCUT2D eigenvalue weighted by Crippen LogP contribution is 2.36. The molecule has 4 aromatic carbocycles. The van der Waals surface area contributed by atoms with Crippen molar-refractivity contribution >= 4 is 38.9 Å². The highest BCUT2D eigenvalue weighted by atomic mass is 35.5. The Morgan fingerprint density at radius 3 is 2.13 bits per heavy atom. The summed E-state index contributed by atoms with van der Waals surface area (Å²) >= 11 is 5.99. The van der Waals surface area contributed by atoms with Gasteiger partial charge in [-0.2, -0.15) is 13.2 Å². The maximum absolute atomic E-state index is 13.9. The maximum atomic E-state index is 13.9. The number of rotatable bonds is 7. The molecule has 0 saturated carbocycles. The Labute approximate surface area is 223 Å². The molecular weight excluding hydrogens is 537 g/mol. The second kappa shape index (κ2) is 10.9. The average molecular weight is 559 g/mol. The molecule has 196 valence electrons. The van der Waals surface area contributed by atoms with E-state index < -0.39 is 33.4 Å². The van der Waals surface area contributed by atoms with Crippen LogP contribution in [0.15, 0.2) is 102 Å². The van der Waals surface area contributed by atoms with Crippen molar-refractivity contribution in [2.75, 3.05) is 9.62 Å². The minimum absolute atomic E-state index is 0.00464. The molecule has 4 aromatic rings. The Hall–Kier alpha value is -3.82. The number of nitrogens with zero attached hydrogens (tertiary/aromatic N) is 1. The van der Waals surface area contributed by atoms with Crippen LogP contribution < -0.4 is 9.62 Å². The summed E-state index contributed by atoms with van der Waals surface area (Å²) in [5.41, 5.74) is -0.125. The van der Waals surface area contributed by atoms with Crippen molar-refractivity contribution in [2.45, 2.75) is 24.5 Å². The van der Waals surface area contributed by atoms with E-state index >= 15 is 0 Å². The molecule has 0 saturated heterocycles. The number of halogens is 4.